The first kappa shape index (κ1) is 27.3. The quantitative estimate of drug-likeness (QED) is 0.461. The maximum Gasteiger partial charge on any atom is 0.255 e. The minimum atomic E-state index is -0.758. The molecule has 3 aliphatic rings. The molecule has 0 aliphatic carbocycles. The van der Waals surface area contributed by atoms with Crippen LogP contribution in [0.3, 0.4) is 0 Å². The molecule has 0 bridgehead atoms. The smallest absolute Gasteiger partial charge is 0.255 e. The van der Waals surface area contributed by atoms with Gasteiger partial charge in [0.25, 0.3) is 5.91 Å². The van der Waals surface area contributed by atoms with Crippen molar-refractivity contribution in [1.82, 2.24) is 20.0 Å². The van der Waals surface area contributed by atoms with Gasteiger partial charge in [-0.1, -0.05) is 66.7 Å². The van der Waals surface area contributed by atoms with Gasteiger partial charge in [-0.3, -0.25) is 29.5 Å². The lowest BCUT2D eigenvalue weighted by Gasteiger charge is -2.51. The van der Waals surface area contributed by atoms with Crippen LogP contribution in [0, 0.1) is 5.82 Å². The Hall–Kier alpha value is -3.88. The van der Waals surface area contributed by atoms with Crippen LogP contribution in [0.5, 0.6) is 0 Å². The van der Waals surface area contributed by atoms with E-state index in [4.69, 9.17) is 0 Å². The Morgan fingerprint density at radius 1 is 0.927 bits per heavy atom. The number of piperidine rings is 1. The highest BCUT2D eigenvalue weighted by Crippen LogP contribution is 2.37. The van der Waals surface area contributed by atoms with Crippen LogP contribution < -0.4 is 5.32 Å². The number of rotatable bonds is 6. The molecule has 3 aliphatic heterocycles. The van der Waals surface area contributed by atoms with Crippen molar-refractivity contribution >= 4 is 17.7 Å². The molecule has 0 spiro atoms. The maximum absolute atomic E-state index is 15.9. The van der Waals surface area contributed by atoms with E-state index in [2.05, 4.69) is 77.5 Å². The number of nitrogens with zero attached hydrogens (tertiary/aromatic N) is 3. The Morgan fingerprint density at radius 3 is 2.20 bits per heavy atom. The van der Waals surface area contributed by atoms with Gasteiger partial charge >= 0.3 is 0 Å². The molecule has 6 rings (SSSR count). The molecule has 0 radical (unpaired) electrons. The van der Waals surface area contributed by atoms with Gasteiger partial charge in [0.1, 0.15) is 11.9 Å². The molecule has 3 heterocycles. The summed E-state index contributed by atoms with van der Waals surface area (Å²) < 4.78 is 15.9. The minimum Gasteiger partial charge on any atom is -0.322 e. The predicted molar refractivity (Wildman–Crippen MR) is 153 cm³/mol. The Bertz CT molecular complexity index is 1440. The van der Waals surface area contributed by atoms with E-state index in [0.717, 1.165) is 19.6 Å². The summed E-state index contributed by atoms with van der Waals surface area (Å²) in [5.74, 6) is -1.57. The van der Waals surface area contributed by atoms with Crippen molar-refractivity contribution in [2.24, 2.45) is 0 Å². The minimum absolute atomic E-state index is 0.0369. The zero-order chi connectivity index (χ0) is 28.7. The number of fused-ring (bicyclic) bond motifs is 1. The third kappa shape index (κ3) is 5.18. The number of piperazine rings is 1. The third-order valence-electron chi connectivity index (χ3n) is 8.71. The fourth-order valence-corrected chi connectivity index (χ4v) is 6.72. The van der Waals surface area contributed by atoms with Crippen LogP contribution in [-0.2, 0) is 22.7 Å². The number of benzene rings is 3. The standard InChI is InChI=1S/C33H35FN4O3/c1-33(2)21-36(17-18-38(33)30(22-9-5-3-6-10-22)23-11-7-4-8-12-23)19-24-13-14-25-26(29(24)34)20-37(32(25)41)27-15-16-28(39)35-31(27)40/h3-14,27,30H,15-21H2,1-2H3,(H,35,39,40). The number of imide groups is 1. The summed E-state index contributed by atoms with van der Waals surface area (Å²) in [5.41, 5.74) is 3.48. The van der Waals surface area contributed by atoms with Gasteiger partial charge in [-0.2, -0.15) is 0 Å². The van der Waals surface area contributed by atoms with Crippen molar-refractivity contribution in [1.29, 1.82) is 0 Å². The van der Waals surface area contributed by atoms with E-state index in [1.165, 1.54) is 16.0 Å². The summed E-state index contributed by atoms with van der Waals surface area (Å²) in [7, 11) is 0. The average Bonchev–Trinajstić information content (AvgIpc) is 3.29. The van der Waals surface area contributed by atoms with E-state index in [-0.39, 0.29) is 48.6 Å². The van der Waals surface area contributed by atoms with Crippen LogP contribution in [-0.4, -0.2) is 63.6 Å². The van der Waals surface area contributed by atoms with Gasteiger partial charge in [0.2, 0.25) is 11.8 Å². The fourth-order valence-electron chi connectivity index (χ4n) is 6.72. The van der Waals surface area contributed by atoms with E-state index in [0.29, 0.717) is 23.2 Å². The molecular formula is C33H35FN4O3. The van der Waals surface area contributed by atoms with Gasteiger partial charge in [0.15, 0.2) is 0 Å². The van der Waals surface area contributed by atoms with Gasteiger partial charge in [0, 0.05) is 54.8 Å². The number of nitrogens with one attached hydrogen (secondary N) is 1. The van der Waals surface area contributed by atoms with Crippen molar-refractivity contribution in [3.8, 4) is 0 Å². The summed E-state index contributed by atoms with van der Waals surface area (Å²) in [6.45, 7) is 7.30. The molecule has 2 fully saturated rings. The second kappa shape index (κ2) is 10.8. The highest BCUT2D eigenvalue weighted by Gasteiger charge is 2.42. The van der Waals surface area contributed by atoms with E-state index >= 15 is 4.39 Å². The molecule has 1 atom stereocenters. The number of halogens is 1. The third-order valence-corrected chi connectivity index (χ3v) is 8.71. The molecule has 212 valence electrons. The molecule has 2 saturated heterocycles. The van der Waals surface area contributed by atoms with E-state index in [9.17, 15) is 14.4 Å². The number of hydrogen-bond acceptors (Lipinski definition) is 5. The maximum atomic E-state index is 15.9. The van der Waals surface area contributed by atoms with Gasteiger partial charge in [-0.15, -0.1) is 0 Å². The second-order valence-electron chi connectivity index (χ2n) is 11.9. The molecular weight excluding hydrogens is 519 g/mol. The Kier molecular flexibility index (Phi) is 7.21. The van der Waals surface area contributed by atoms with Crippen LogP contribution in [0.15, 0.2) is 72.8 Å². The normalized spacial score (nSPS) is 21.3. The summed E-state index contributed by atoms with van der Waals surface area (Å²) in [5, 5.41) is 2.30. The lowest BCUT2D eigenvalue weighted by molar-refractivity contribution is -0.136. The van der Waals surface area contributed by atoms with Crippen molar-refractivity contribution < 1.29 is 18.8 Å². The predicted octanol–water partition coefficient (Wildman–Crippen LogP) is 4.27. The zero-order valence-corrected chi connectivity index (χ0v) is 23.5. The lowest BCUT2D eigenvalue weighted by Crippen LogP contribution is -2.59. The zero-order valence-electron chi connectivity index (χ0n) is 23.5. The second-order valence-corrected chi connectivity index (χ2v) is 11.9. The molecule has 1 unspecified atom stereocenters. The van der Waals surface area contributed by atoms with Gasteiger partial charge in [-0.05, 0) is 37.5 Å². The molecule has 7 nitrogen and oxygen atoms in total. The van der Waals surface area contributed by atoms with Crippen molar-refractivity contribution in [2.75, 3.05) is 19.6 Å². The highest BCUT2D eigenvalue weighted by molar-refractivity contribution is 6.05. The van der Waals surface area contributed by atoms with Crippen LogP contribution >= 0.6 is 0 Å². The van der Waals surface area contributed by atoms with Crippen LogP contribution in [0.4, 0.5) is 4.39 Å². The summed E-state index contributed by atoms with van der Waals surface area (Å²) in [6.07, 6.45) is 0.423. The number of carbonyl (C=O) groups excluding carboxylic acids is 3. The summed E-state index contributed by atoms with van der Waals surface area (Å²) >= 11 is 0. The number of hydrogen-bond donors (Lipinski definition) is 1. The van der Waals surface area contributed by atoms with E-state index in [1.54, 1.807) is 12.1 Å². The molecule has 3 aromatic rings. The number of amides is 3. The lowest BCUT2D eigenvalue weighted by atomic mass is 9.89. The first-order valence-electron chi connectivity index (χ1n) is 14.3. The first-order valence-corrected chi connectivity index (χ1v) is 14.3. The topological polar surface area (TPSA) is 73.0 Å². The van der Waals surface area contributed by atoms with E-state index in [1.807, 2.05) is 12.1 Å². The molecule has 8 heteroatoms. The Labute approximate surface area is 239 Å². The molecule has 0 saturated carbocycles. The van der Waals surface area contributed by atoms with E-state index < -0.39 is 11.9 Å². The first-order chi connectivity index (χ1) is 19.7. The van der Waals surface area contributed by atoms with Gasteiger partial charge in [0.05, 0.1) is 12.6 Å². The Balaban J connectivity index is 1.19. The van der Waals surface area contributed by atoms with Crippen molar-refractivity contribution in [3.05, 3.63) is 106 Å². The summed E-state index contributed by atoms with van der Waals surface area (Å²) in [6, 6.07) is 23.9. The average molecular weight is 555 g/mol. The molecule has 3 aromatic carbocycles. The highest BCUT2D eigenvalue weighted by atomic mass is 19.1. The van der Waals surface area contributed by atoms with Crippen molar-refractivity contribution in [2.45, 2.75) is 57.4 Å². The Morgan fingerprint density at radius 2 is 1.59 bits per heavy atom. The largest absolute Gasteiger partial charge is 0.322 e. The van der Waals surface area contributed by atoms with Crippen molar-refractivity contribution in [3.63, 3.8) is 0 Å². The molecule has 41 heavy (non-hydrogen) atoms. The summed E-state index contributed by atoms with van der Waals surface area (Å²) in [4.78, 5) is 43.3. The SMILES string of the molecule is CC1(C)CN(Cc2ccc3c(c2F)CN(C2CCC(=O)NC2=O)C3=O)CCN1C(c1ccccc1)c1ccccc1. The van der Waals surface area contributed by atoms with Crippen LogP contribution in [0.25, 0.3) is 0 Å². The molecule has 1 N–H and O–H groups in total. The van der Waals surface area contributed by atoms with Gasteiger partial charge in [-0.25, -0.2) is 4.39 Å². The molecule has 0 aromatic heterocycles. The fraction of sp³-hybridized carbons (Fsp3) is 0.364. The monoisotopic (exact) mass is 554 g/mol. The van der Waals surface area contributed by atoms with Crippen LogP contribution in [0.1, 0.15) is 65.3 Å². The van der Waals surface area contributed by atoms with Crippen LogP contribution in [0.2, 0.25) is 0 Å². The number of carbonyl (C=O) groups is 3. The van der Waals surface area contributed by atoms with Gasteiger partial charge < -0.3 is 4.90 Å². The molecule has 3 amide bonds.